The van der Waals surface area contributed by atoms with E-state index in [1.54, 1.807) is 37.4 Å². The SMILES string of the molecule is Cc1nc2ccc(C(=O)OCC(=O)N(C)Cc3ccc(Cl)cc3)cc2nc1C. The van der Waals surface area contributed by atoms with Crippen molar-refractivity contribution in [1.29, 1.82) is 0 Å². The van der Waals surface area contributed by atoms with Crippen molar-refractivity contribution in [2.24, 2.45) is 0 Å². The number of nitrogens with zero attached hydrogens (tertiary/aromatic N) is 3. The molecule has 28 heavy (non-hydrogen) atoms. The second-order valence-electron chi connectivity index (χ2n) is 6.55. The van der Waals surface area contributed by atoms with E-state index >= 15 is 0 Å². The summed E-state index contributed by atoms with van der Waals surface area (Å²) in [5.74, 6) is -0.870. The van der Waals surface area contributed by atoms with Gasteiger partial charge in [0.05, 0.1) is 28.0 Å². The lowest BCUT2D eigenvalue weighted by Gasteiger charge is -2.17. The topological polar surface area (TPSA) is 72.4 Å². The third-order valence-corrected chi connectivity index (χ3v) is 4.65. The number of aromatic nitrogens is 2. The Morgan fingerprint density at radius 3 is 2.32 bits per heavy atom. The lowest BCUT2D eigenvalue weighted by atomic mass is 10.2. The van der Waals surface area contributed by atoms with Crippen molar-refractivity contribution in [2.45, 2.75) is 20.4 Å². The fourth-order valence-corrected chi connectivity index (χ4v) is 2.76. The molecular weight excluding hydrogens is 378 g/mol. The monoisotopic (exact) mass is 397 g/mol. The van der Waals surface area contributed by atoms with Gasteiger partial charge < -0.3 is 9.64 Å². The van der Waals surface area contributed by atoms with Crippen molar-refractivity contribution >= 4 is 34.5 Å². The predicted octanol–water partition coefficient (Wildman–Crippen LogP) is 3.72. The number of esters is 1. The molecule has 3 rings (SSSR count). The summed E-state index contributed by atoms with van der Waals surface area (Å²) in [5.41, 5.74) is 4.24. The molecule has 0 aliphatic rings. The smallest absolute Gasteiger partial charge is 0.338 e. The highest BCUT2D eigenvalue weighted by Gasteiger charge is 2.15. The molecule has 0 radical (unpaired) electrons. The van der Waals surface area contributed by atoms with Gasteiger partial charge in [0.15, 0.2) is 6.61 Å². The number of carbonyl (C=O) groups excluding carboxylic acids is 2. The summed E-state index contributed by atoms with van der Waals surface area (Å²) in [6.07, 6.45) is 0. The van der Waals surface area contributed by atoms with Crippen LogP contribution in [0.2, 0.25) is 5.02 Å². The number of amides is 1. The molecule has 1 amide bonds. The first-order valence-corrected chi connectivity index (χ1v) is 9.12. The Kier molecular flexibility index (Phi) is 5.90. The van der Waals surface area contributed by atoms with Crippen LogP contribution in [-0.4, -0.2) is 40.4 Å². The molecule has 0 N–H and O–H groups in total. The van der Waals surface area contributed by atoms with E-state index < -0.39 is 5.97 Å². The Balaban J connectivity index is 1.61. The normalized spacial score (nSPS) is 10.7. The van der Waals surface area contributed by atoms with E-state index in [0.29, 0.717) is 28.2 Å². The first-order chi connectivity index (χ1) is 13.3. The highest BCUT2D eigenvalue weighted by atomic mass is 35.5. The van der Waals surface area contributed by atoms with Crippen molar-refractivity contribution < 1.29 is 14.3 Å². The quantitative estimate of drug-likeness (QED) is 0.613. The van der Waals surface area contributed by atoms with Crippen molar-refractivity contribution in [2.75, 3.05) is 13.7 Å². The lowest BCUT2D eigenvalue weighted by molar-refractivity contribution is -0.133. The number of hydrogen-bond acceptors (Lipinski definition) is 5. The van der Waals surface area contributed by atoms with Crippen molar-refractivity contribution in [3.63, 3.8) is 0 Å². The Morgan fingerprint density at radius 2 is 1.64 bits per heavy atom. The summed E-state index contributed by atoms with van der Waals surface area (Å²) >= 11 is 5.86. The van der Waals surface area contributed by atoms with Crippen LogP contribution in [-0.2, 0) is 16.1 Å². The van der Waals surface area contributed by atoms with E-state index in [4.69, 9.17) is 16.3 Å². The molecular formula is C21H20ClN3O3. The molecule has 144 valence electrons. The van der Waals surface area contributed by atoms with Gasteiger partial charge in [-0.15, -0.1) is 0 Å². The molecule has 0 saturated heterocycles. The number of hydrogen-bond donors (Lipinski definition) is 0. The van der Waals surface area contributed by atoms with E-state index in [1.165, 1.54) is 4.90 Å². The van der Waals surface area contributed by atoms with Crippen LogP contribution >= 0.6 is 11.6 Å². The van der Waals surface area contributed by atoms with Gasteiger partial charge >= 0.3 is 5.97 Å². The first-order valence-electron chi connectivity index (χ1n) is 8.74. The summed E-state index contributed by atoms with van der Waals surface area (Å²) in [6, 6.07) is 12.2. The Bertz CT molecular complexity index is 1030. The fraction of sp³-hybridized carbons (Fsp3) is 0.238. The summed E-state index contributed by atoms with van der Waals surface area (Å²) in [5, 5.41) is 0.636. The number of likely N-dealkylation sites (N-methyl/N-ethyl adjacent to an activating group) is 1. The van der Waals surface area contributed by atoms with Gasteiger partial charge in [-0.05, 0) is 49.7 Å². The van der Waals surface area contributed by atoms with E-state index in [0.717, 1.165) is 17.0 Å². The first kappa shape index (κ1) is 19.8. The summed E-state index contributed by atoms with van der Waals surface area (Å²) in [7, 11) is 1.65. The molecule has 0 fully saturated rings. The predicted molar refractivity (Wildman–Crippen MR) is 107 cm³/mol. The number of fused-ring (bicyclic) bond motifs is 1. The maximum Gasteiger partial charge on any atom is 0.338 e. The average Bonchev–Trinajstić information content (AvgIpc) is 2.68. The highest BCUT2D eigenvalue weighted by molar-refractivity contribution is 6.30. The Morgan fingerprint density at radius 1 is 1.00 bits per heavy atom. The van der Waals surface area contributed by atoms with Crippen LogP contribution in [0.3, 0.4) is 0 Å². The molecule has 0 atom stereocenters. The van der Waals surface area contributed by atoms with Crippen LogP contribution in [0.15, 0.2) is 42.5 Å². The maximum atomic E-state index is 12.3. The van der Waals surface area contributed by atoms with Gasteiger partial charge in [-0.2, -0.15) is 0 Å². The fourth-order valence-electron chi connectivity index (χ4n) is 2.63. The molecule has 7 heteroatoms. The summed E-state index contributed by atoms with van der Waals surface area (Å²) < 4.78 is 5.17. The van der Waals surface area contributed by atoms with Crippen molar-refractivity contribution in [1.82, 2.24) is 14.9 Å². The van der Waals surface area contributed by atoms with Crippen molar-refractivity contribution in [3.05, 3.63) is 70.0 Å². The Labute approximate surface area is 168 Å². The highest BCUT2D eigenvalue weighted by Crippen LogP contribution is 2.15. The van der Waals surface area contributed by atoms with Crippen LogP contribution in [0.25, 0.3) is 11.0 Å². The number of carbonyl (C=O) groups is 2. The van der Waals surface area contributed by atoms with Gasteiger partial charge in [-0.1, -0.05) is 23.7 Å². The minimum Gasteiger partial charge on any atom is -0.452 e. The van der Waals surface area contributed by atoms with Crippen LogP contribution in [0.1, 0.15) is 27.3 Å². The molecule has 0 aliphatic heterocycles. The summed E-state index contributed by atoms with van der Waals surface area (Å²) in [6.45, 7) is 3.81. The number of benzene rings is 2. The van der Waals surface area contributed by atoms with Gasteiger partial charge in [-0.25, -0.2) is 14.8 Å². The van der Waals surface area contributed by atoms with Gasteiger partial charge in [-0.3, -0.25) is 4.79 Å². The van der Waals surface area contributed by atoms with Gasteiger partial charge in [0, 0.05) is 18.6 Å². The van der Waals surface area contributed by atoms with Gasteiger partial charge in [0.25, 0.3) is 5.91 Å². The molecule has 0 bridgehead atoms. The van der Waals surface area contributed by atoms with Crippen LogP contribution < -0.4 is 0 Å². The molecule has 6 nitrogen and oxygen atoms in total. The lowest BCUT2D eigenvalue weighted by Crippen LogP contribution is -2.30. The third kappa shape index (κ3) is 4.64. The van der Waals surface area contributed by atoms with Gasteiger partial charge in [0.1, 0.15) is 0 Å². The van der Waals surface area contributed by atoms with Crippen molar-refractivity contribution in [3.8, 4) is 0 Å². The van der Waals surface area contributed by atoms with Crippen LogP contribution in [0.5, 0.6) is 0 Å². The molecule has 1 aromatic heterocycles. The number of ether oxygens (including phenoxy) is 1. The summed E-state index contributed by atoms with van der Waals surface area (Å²) in [4.78, 5) is 34.9. The maximum absolute atomic E-state index is 12.3. The molecule has 1 heterocycles. The molecule has 3 aromatic rings. The second-order valence-corrected chi connectivity index (χ2v) is 6.99. The third-order valence-electron chi connectivity index (χ3n) is 4.40. The zero-order chi connectivity index (χ0) is 20.3. The molecule has 0 aliphatic carbocycles. The zero-order valence-electron chi connectivity index (χ0n) is 15.9. The second kappa shape index (κ2) is 8.35. The van der Waals surface area contributed by atoms with E-state index in [2.05, 4.69) is 9.97 Å². The number of halogens is 1. The Hall–Kier alpha value is -2.99. The van der Waals surface area contributed by atoms with Crippen LogP contribution in [0, 0.1) is 13.8 Å². The number of rotatable bonds is 5. The van der Waals surface area contributed by atoms with Gasteiger partial charge in [0.2, 0.25) is 0 Å². The van der Waals surface area contributed by atoms with E-state index in [-0.39, 0.29) is 12.5 Å². The zero-order valence-corrected chi connectivity index (χ0v) is 16.7. The minimum absolute atomic E-state index is 0.296. The van der Waals surface area contributed by atoms with E-state index in [1.807, 2.05) is 26.0 Å². The minimum atomic E-state index is -0.574. The molecule has 0 saturated carbocycles. The standard InChI is InChI=1S/C21H20ClN3O3/c1-13-14(2)24-19-10-16(6-9-18(19)23-13)21(27)28-12-20(26)25(3)11-15-4-7-17(22)8-5-15/h4-10H,11-12H2,1-3H3. The number of aryl methyl sites for hydroxylation is 2. The molecule has 0 spiro atoms. The van der Waals surface area contributed by atoms with E-state index in [9.17, 15) is 9.59 Å². The largest absolute Gasteiger partial charge is 0.452 e. The molecule has 2 aromatic carbocycles. The molecule has 0 unspecified atom stereocenters. The average molecular weight is 398 g/mol. The van der Waals surface area contributed by atoms with Crippen LogP contribution in [0.4, 0.5) is 0 Å².